The van der Waals surface area contributed by atoms with E-state index in [4.69, 9.17) is 0 Å². The van der Waals surface area contributed by atoms with Crippen LogP contribution in [0.3, 0.4) is 0 Å². The summed E-state index contributed by atoms with van der Waals surface area (Å²) >= 11 is 2.97. The van der Waals surface area contributed by atoms with Gasteiger partial charge in [0.15, 0.2) is 0 Å². The molecule has 1 fully saturated rings. The molecule has 1 saturated heterocycles. The van der Waals surface area contributed by atoms with Gasteiger partial charge in [-0.1, -0.05) is 0 Å². The Morgan fingerprint density at radius 1 is 1.24 bits per heavy atom. The third kappa shape index (κ3) is 3.44. The summed E-state index contributed by atoms with van der Waals surface area (Å²) in [7, 11) is 3.93. The summed E-state index contributed by atoms with van der Waals surface area (Å²) in [5.74, 6) is 0. The number of aliphatic imine (C=N–C) groups is 1. The Morgan fingerprint density at radius 3 is 2.00 bits per heavy atom. The third-order valence-corrected chi connectivity index (χ3v) is 4.23. The van der Waals surface area contributed by atoms with E-state index >= 15 is 0 Å². The van der Waals surface area contributed by atoms with Crippen molar-refractivity contribution in [2.24, 2.45) is 4.99 Å². The van der Waals surface area contributed by atoms with Crippen LogP contribution in [0.25, 0.3) is 0 Å². The van der Waals surface area contributed by atoms with Crippen molar-refractivity contribution < 1.29 is 5.21 Å². The van der Waals surface area contributed by atoms with Crippen LogP contribution >= 0.6 is 0 Å². The normalized spacial score (nSPS) is 25.9. The van der Waals surface area contributed by atoms with Crippen molar-refractivity contribution >= 4 is 20.7 Å². The Bertz CT molecular complexity index is 295. The minimum absolute atomic E-state index is 0.212. The number of rotatable bonds is 1. The van der Waals surface area contributed by atoms with Gasteiger partial charge in [0, 0.05) is 0 Å². The Balaban J connectivity index is 2.89. The molecule has 1 heterocycles. The quantitative estimate of drug-likeness (QED) is 0.418. The van der Waals surface area contributed by atoms with Crippen LogP contribution in [-0.2, 0) is 5.21 Å². The molecule has 1 aliphatic rings. The topological polar surface area (TPSA) is 38.7 Å². The molecule has 4 nitrogen and oxygen atoms in total. The van der Waals surface area contributed by atoms with Crippen molar-refractivity contribution in [3.05, 3.63) is 0 Å². The van der Waals surface area contributed by atoms with Crippen molar-refractivity contribution in [1.82, 2.24) is 9.96 Å². The zero-order chi connectivity index (χ0) is 13.4. The summed E-state index contributed by atoms with van der Waals surface area (Å²) in [6, 6.07) is 0.212. The van der Waals surface area contributed by atoms with E-state index in [0.717, 1.165) is 17.6 Å². The van der Waals surface area contributed by atoms with E-state index in [2.05, 4.69) is 21.0 Å². The van der Waals surface area contributed by atoms with Gasteiger partial charge in [-0.15, -0.1) is 0 Å². The minimum atomic E-state index is -0.345. The van der Waals surface area contributed by atoms with Crippen LogP contribution in [0.5, 0.6) is 0 Å². The summed E-state index contributed by atoms with van der Waals surface area (Å²) in [5.41, 5.74) is -0.689. The first-order valence-corrected chi connectivity index (χ1v) is 6.81. The second-order valence-electron chi connectivity index (χ2n) is 6.29. The average Bonchev–Trinajstić information content (AvgIpc) is 2.12. The number of piperidine rings is 1. The maximum atomic E-state index is 12.2. The SMILES string of the molecule is CN(C)C([Se])=NC1CC(C)(C)N([O])C(C)(C)C1. The van der Waals surface area contributed by atoms with Crippen molar-refractivity contribution in [2.45, 2.75) is 57.7 Å². The van der Waals surface area contributed by atoms with Gasteiger partial charge in [-0.25, -0.2) is 0 Å². The van der Waals surface area contributed by atoms with E-state index in [-0.39, 0.29) is 17.1 Å². The fourth-order valence-electron chi connectivity index (χ4n) is 2.57. The molecular formula is C12H23N3OSe. The Morgan fingerprint density at radius 2 is 1.65 bits per heavy atom. The molecule has 0 aromatic rings. The van der Waals surface area contributed by atoms with E-state index < -0.39 is 0 Å². The van der Waals surface area contributed by atoms with Crippen LogP contribution in [0, 0.1) is 0 Å². The number of hydrogen-bond acceptors (Lipinski definition) is 2. The fraction of sp³-hybridized carbons (Fsp3) is 0.917. The molecule has 1 rings (SSSR count). The number of hydroxylamine groups is 2. The molecule has 0 spiro atoms. The Kier molecular flexibility index (Phi) is 4.30. The van der Waals surface area contributed by atoms with Gasteiger partial charge in [-0.2, -0.15) is 0 Å². The van der Waals surface area contributed by atoms with Crippen molar-refractivity contribution in [3.63, 3.8) is 0 Å². The van der Waals surface area contributed by atoms with Crippen LogP contribution in [0.2, 0.25) is 0 Å². The van der Waals surface area contributed by atoms with Gasteiger partial charge in [0.2, 0.25) is 0 Å². The van der Waals surface area contributed by atoms with E-state index in [1.807, 2.05) is 46.7 Å². The van der Waals surface area contributed by atoms with Crippen molar-refractivity contribution in [3.8, 4) is 0 Å². The van der Waals surface area contributed by atoms with Crippen molar-refractivity contribution in [2.75, 3.05) is 14.1 Å². The Hall–Kier alpha value is -0.0905. The van der Waals surface area contributed by atoms with Gasteiger partial charge in [-0.05, 0) is 0 Å². The van der Waals surface area contributed by atoms with E-state index in [0.29, 0.717) is 0 Å². The van der Waals surface area contributed by atoms with E-state index in [1.54, 1.807) is 0 Å². The molecule has 0 unspecified atom stereocenters. The summed E-state index contributed by atoms with van der Waals surface area (Å²) in [4.78, 5) is 6.64. The zero-order valence-corrected chi connectivity index (χ0v) is 13.4. The van der Waals surface area contributed by atoms with Crippen LogP contribution in [0.4, 0.5) is 0 Å². The predicted molar refractivity (Wildman–Crippen MR) is 70.6 cm³/mol. The van der Waals surface area contributed by atoms with Gasteiger partial charge in [0.25, 0.3) is 0 Å². The molecule has 2 radical (unpaired) electrons. The monoisotopic (exact) mass is 305 g/mol. The van der Waals surface area contributed by atoms with Gasteiger partial charge in [0.05, 0.1) is 0 Å². The average molecular weight is 304 g/mol. The standard InChI is InChI=1S/C12H23N3OSe/c1-11(2)7-9(13-10(17)14(5)6)8-12(3,4)15(11)16/h9H,7-8H2,1-6H3. The van der Waals surface area contributed by atoms with Crippen molar-refractivity contribution in [1.29, 1.82) is 0 Å². The molecule has 0 atom stereocenters. The molecule has 17 heavy (non-hydrogen) atoms. The molecule has 0 N–H and O–H groups in total. The van der Waals surface area contributed by atoms with Crippen LogP contribution < -0.4 is 0 Å². The van der Waals surface area contributed by atoms with Crippen LogP contribution in [0.15, 0.2) is 4.99 Å². The van der Waals surface area contributed by atoms with Gasteiger partial charge >= 0.3 is 113 Å². The second kappa shape index (κ2) is 4.88. The van der Waals surface area contributed by atoms with Crippen LogP contribution in [-0.4, -0.2) is 61.9 Å². The van der Waals surface area contributed by atoms with Gasteiger partial charge in [-0.3, -0.25) is 0 Å². The molecule has 0 aliphatic carbocycles. The zero-order valence-electron chi connectivity index (χ0n) is 11.6. The molecule has 0 saturated carbocycles. The summed E-state index contributed by atoms with van der Waals surface area (Å²) in [6.45, 7) is 7.99. The molecule has 98 valence electrons. The molecule has 0 bridgehead atoms. The maximum absolute atomic E-state index is 12.2. The van der Waals surface area contributed by atoms with Gasteiger partial charge < -0.3 is 0 Å². The molecule has 5 heteroatoms. The van der Waals surface area contributed by atoms with Gasteiger partial charge in [0.1, 0.15) is 0 Å². The summed E-state index contributed by atoms with van der Waals surface area (Å²) in [6.07, 6.45) is 1.61. The predicted octanol–water partition coefficient (Wildman–Crippen LogP) is 1.44. The first-order chi connectivity index (χ1) is 7.56. The summed E-state index contributed by atoms with van der Waals surface area (Å²) in [5, 5.41) is 13.4. The van der Waals surface area contributed by atoms with Crippen LogP contribution in [0.1, 0.15) is 40.5 Å². The fourth-order valence-corrected chi connectivity index (χ4v) is 2.89. The molecule has 0 amide bonds. The first kappa shape index (κ1) is 15.0. The third-order valence-electron chi connectivity index (χ3n) is 3.25. The molecule has 0 aromatic carbocycles. The molecule has 1 aliphatic heterocycles. The number of amidine groups is 1. The Labute approximate surface area is 113 Å². The summed E-state index contributed by atoms with van der Waals surface area (Å²) < 4.78 is 0.904. The first-order valence-electron chi connectivity index (χ1n) is 5.96. The molecule has 0 aromatic heterocycles. The number of hydrogen-bond donors (Lipinski definition) is 0. The van der Waals surface area contributed by atoms with E-state index in [1.165, 1.54) is 5.06 Å². The van der Waals surface area contributed by atoms with E-state index in [9.17, 15) is 5.21 Å². The molecular weight excluding hydrogens is 281 g/mol. The second-order valence-corrected chi connectivity index (χ2v) is 7.05. The number of nitrogens with zero attached hydrogens (tertiary/aromatic N) is 3.